The number of benzene rings is 2. The maximum absolute atomic E-state index is 12.1. The number of carbonyl (C=O) groups excluding carboxylic acids is 2. The fourth-order valence-corrected chi connectivity index (χ4v) is 3.45. The molecule has 3 rings (SSSR count). The predicted molar refractivity (Wildman–Crippen MR) is 110 cm³/mol. The van der Waals surface area contributed by atoms with Crippen LogP contribution in [0.2, 0.25) is 0 Å². The maximum atomic E-state index is 12.1. The van der Waals surface area contributed by atoms with Gasteiger partial charge in [0.2, 0.25) is 11.8 Å². The van der Waals surface area contributed by atoms with Crippen LogP contribution in [0.3, 0.4) is 0 Å². The number of hydrogen-bond donors (Lipinski definition) is 2. The minimum Gasteiger partial charge on any atom is -0.490 e. The summed E-state index contributed by atoms with van der Waals surface area (Å²) in [6.45, 7) is 5.15. The minimum atomic E-state index is -0.248. The summed E-state index contributed by atoms with van der Waals surface area (Å²) >= 11 is 1.39. The van der Waals surface area contributed by atoms with E-state index in [4.69, 9.17) is 9.47 Å². The molecule has 1 aliphatic heterocycles. The summed E-state index contributed by atoms with van der Waals surface area (Å²) in [5.41, 5.74) is 2.89. The van der Waals surface area contributed by atoms with E-state index in [1.807, 2.05) is 50.2 Å². The average Bonchev–Trinajstić information content (AvgIpc) is 2.93. The van der Waals surface area contributed by atoms with Gasteiger partial charge in [0, 0.05) is 17.0 Å². The van der Waals surface area contributed by atoms with Crippen molar-refractivity contribution in [3.05, 3.63) is 47.5 Å². The minimum absolute atomic E-state index is 0.0616. The van der Waals surface area contributed by atoms with Crippen LogP contribution in [0.1, 0.15) is 17.5 Å². The number of nitrogens with one attached hydrogen (secondary N) is 2. The number of aryl methyl sites for hydroxylation is 1. The van der Waals surface area contributed by atoms with E-state index in [1.54, 1.807) is 0 Å². The van der Waals surface area contributed by atoms with Crippen LogP contribution < -0.4 is 20.1 Å². The molecule has 1 aliphatic rings. The molecule has 0 aliphatic carbocycles. The van der Waals surface area contributed by atoms with Crippen LogP contribution in [-0.4, -0.2) is 37.3 Å². The van der Waals surface area contributed by atoms with Crippen molar-refractivity contribution in [1.82, 2.24) is 5.32 Å². The van der Waals surface area contributed by atoms with Crippen LogP contribution in [-0.2, 0) is 9.59 Å². The number of anilines is 1. The van der Waals surface area contributed by atoms with Crippen LogP contribution in [0.5, 0.6) is 11.5 Å². The lowest BCUT2D eigenvalue weighted by atomic mass is 10.1. The van der Waals surface area contributed by atoms with Gasteiger partial charge in [-0.1, -0.05) is 12.1 Å². The highest BCUT2D eigenvalue weighted by Crippen LogP contribution is 2.33. The Balaban J connectivity index is 1.45. The van der Waals surface area contributed by atoms with Crippen molar-refractivity contribution in [3.8, 4) is 11.5 Å². The third kappa shape index (κ3) is 5.42. The van der Waals surface area contributed by atoms with Crippen LogP contribution in [0, 0.1) is 13.8 Å². The molecule has 0 radical (unpaired) electrons. The monoisotopic (exact) mass is 400 g/mol. The molecule has 6 nitrogen and oxygen atoms in total. The van der Waals surface area contributed by atoms with Crippen LogP contribution >= 0.6 is 11.8 Å². The first kappa shape index (κ1) is 20.1. The topological polar surface area (TPSA) is 76.7 Å². The zero-order chi connectivity index (χ0) is 19.9. The Bertz CT molecular complexity index is 869. The van der Waals surface area contributed by atoms with Crippen molar-refractivity contribution >= 4 is 29.3 Å². The Kier molecular flexibility index (Phi) is 6.81. The molecule has 7 heteroatoms. The highest BCUT2D eigenvalue weighted by Gasteiger charge is 2.12. The summed E-state index contributed by atoms with van der Waals surface area (Å²) in [7, 11) is 0. The van der Waals surface area contributed by atoms with E-state index in [9.17, 15) is 9.59 Å². The molecule has 0 saturated carbocycles. The smallest absolute Gasteiger partial charge is 0.243 e. The number of fused-ring (bicyclic) bond motifs is 1. The van der Waals surface area contributed by atoms with Crippen LogP contribution in [0.15, 0.2) is 41.3 Å². The van der Waals surface area contributed by atoms with Crippen molar-refractivity contribution in [2.75, 3.05) is 30.8 Å². The summed E-state index contributed by atoms with van der Waals surface area (Å²) < 4.78 is 11.3. The number of thioether (sulfide) groups is 1. The second-order valence-electron chi connectivity index (χ2n) is 6.52. The lowest BCUT2D eigenvalue weighted by molar-refractivity contribution is -0.122. The molecule has 0 saturated heterocycles. The van der Waals surface area contributed by atoms with E-state index in [1.165, 1.54) is 11.8 Å². The molecular formula is C21H24N2O4S. The normalized spacial score (nSPS) is 12.8. The Labute approximate surface area is 169 Å². The molecule has 0 unspecified atom stereocenters. The predicted octanol–water partition coefficient (Wildman–Crippen LogP) is 3.31. The van der Waals surface area contributed by atoms with Gasteiger partial charge in [0.1, 0.15) is 0 Å². The van der Waals surface area contributed by atoms with Crippen molar-refractivity contribution in [2.45, 2.75) is 25.2 Å². The highest BCUT2D eigenvalue weighted by atomic mass is 32.2. The molecule has 0 spiro atoms. The number of hydrogen-bond acceptors (Lipinski definition) is 5. The zero-order valence-electron chi connectivity index (χ0n) is 16.0. The van der Waals surface area contributed by atoms with Gasteiger partial charge in [-0.3, -0.25) is 9.59 Å². The van der Waals surface area contributed by atoms with E-state index >= 15 is 0 Å². The van der Waals surface area contributed by atoms with E-state index in [2.05, 4.69) is 10.6 Å². The van der Waals surface area contributed by atoms with Gasteiger partial charge in [0.05, 0.1) is 25.5 Å². The van der Waals surface area contributed by atoms with Gasteiger partial charge in [0.25, 0.3) is 0 Å². The fourth-order valence-electron chi connectivity index (χ4n) is 2.69. The summed E-state index contributed by atoms with van der Waals surface area (Å²) in [6.07, 6.45) is 0.851. The average molecular weight is 401 g/mol. The third-order valence-electron chi connectivity index (χ3n) is 4.41. The van der Waals surface area contributed by atoms with Crippen molar-refractivity contribution in [1.29, 1.82) is 0 Å². The second-order valence-corrected chi connectivity index (χ2v) is 7.57. The first-order valence-electron chi connectivity index (χ1n) is 9.18. The van der Waals surface area contributed by atoms with Gasteiger partial charge in [-0.05, 0) is 49.2 Å². The molecule has 2 amide bonds. The molecule has 0 bridgehead atoms. The van der Waals surface area contributed by atoms with E-state index < -0.39 is 0 Å². The molecule has 0 fully saturated rings. The molecule has 0 aromatic heterocycles. The van der Waals surface area contributed by atoms with Gasteiger partial charge < -0.3 is 20.1 Å². The Hall–Kier alpha value is -2.67. The molecular weight excluding hydrogens is 376 g/mol. The number of amides is 2. The highest BCUT2D eigenvalue weighted by molar-refractivity contribution is 8.00. The van der Waals surface area contributed by atoms with Crippen LogP contribution in [0.25, 0.3) is 0 Å². The van der Waals surface area contributed by atoms with E-state index in [0.29, 0.717) is 19.0 Å². The molecule has 28 heavy (non-hydrogen) atoms. The molecule has 2 N–H and O–H groups in total. The Morgan fingerprint density at radius 3 is 2.64 bits per heavy atom. The largest absolute Gasteiger partial charge is 0.490 e. The lowest BCUT2D eigenvalue weighted by Crippen LogP contribution is -2.34. The molecule has 2 aromatic carbocycles. The van der Waals surface area contributed by atoms with Gasteiger partial charge >= 0.3 is 0 Å². The molecule has 0 atom stereocenters. The maximum Gasteiger partial charge on any atom is 0.243 e. The van der Waals surface area contributed by atoms with Gasteiger partial charge in [-0.2, -0.15) is 0 Å². The van der Waals surface area contributed by atoms with E-state index in [0.717, 1.165) is 33.9 Å². The number of rotatable bonds is 6. The number of ether oxygens (including phenoxy) is 2. The summed E-state index contributed by atoms with van der Waals surface area (Å²) in [6, 6.07) is 11.4. The molecule has 1 heterocycles. The first-order chi connectivity index (χ1) is 13.5. The van der Waals surface area contributed by atoms with Gasteiger partial charge in [-0.15, -0.1) is 11.8 Å². The Morgan fingerprint density at radius 2 is 1.82 bits per heavy atom. The Morgan fingerprint density at radius 1 is 1.04 bits per heavy atom. The first-order valence-corrected chi connectivity index (χ1v) is 10.2. The van der Waals surface area contributed by atoms with Crippen molar-refractivity contribution < 1.29 is 19.1 Å². The van der Waals surface area contributed by atoms with Crippen LogP contribution in [0.4, 0.5) is 5.69 Å². The molecule has 148 valence electrons. The summed E-state index contributed by atoms with van der Waals surface area (Å²) in [5, 5.41) is 5.48. The van der Waals surface area contributed by atoms with Gasteiger partial charge in [-0.25, -0.2) is 0 Å². The standard InChI is InChI=1S/C21H24N2O4S/c1-14-5-3-6-17(15(14)2)23-20(24)12-22-21(25)13-28-16-7-8-18-19(11-16)27-10-4-9-26-18/h3,5-8,11H,4,9-10,12-13H2,1-2H3,(H,22,25)(H,23,24). The van der Waals surface area contributed by atoms with Gasteiger partial charge in [0.15, 0.2) is 11.5 Å². The fraction of sp³-hybridized carbons (Fsp3) is 0.333. The lowest BCUT2D eigenvalue weighted by Gasteiger charge is -2.11. The van der Waals surface area contributed by atoms with Crippen molar-refractivity contribution in [3.63, 3.8) is 0 Å². The van der Waals surface area contributed by atoms with E-state index in [-0.39, 0.29) is 24.1 Å². The second kappa shape index (κ2) is 9.50. The summed E-state index contributed by atoms with van der Waals surface area (Å²) in [4.78, 5) is 25.1. The van der Waals surface area contributed by atoms with Crippen molar-refractivity contribution in [2.24, 2.45) is 0 Å². The molecule has 2 aromatic rings. The SMILES string of the molecule is Cc1cccc(NC(=O)CNC(=O)CSc2ccc3c(c2)OCCCO3)c1C. The zero-order valence-corrected chi connectivity index (χ0v) is 16.9. The summed E-state index contributed by atoms with van der Waals surface area (Å²) in [5.74, 6) is 1.21. The quantitative estimate of drug-likeness (QED) is 0.728. The number of carbonyl (C=O) groups is 2. The third-order valence-corrected chi connectivity index (χ3v) is 5.41.